The van der Waals surface area contributed by atoms with E-state index in [4.69, 9.17) is 0 Å². The van der Waals surface area contributed by atoms with Gasteiger partial charge in [0.2, 0.25) is 0 Å². The fourth-order valence-corrected chi connectivity index (χ4v) is 4.06. The molecule has 2 aliphatic rings. The second-order valence-electron chi connectivity index (χ2n) is 6.40. The van der Waals surface area contributed by atoms with Gasteiger partial charge >= 0.3 is 0 Å². The number of rotatable bonds is 4. The average Bonchev–Trinajstić information content (AvgIpc) is 2.80. The first kappa shape index (κ1) is 14.0. The average molecular weight is 276 g/mol. The van der Waals surface area contributed by atoms with Gasteiger partial charge < -0.3 is 5.32 Å². The van der Waals surface area contributed by atoms with Gasteiger partial charge in [-0.05, 0) is 56.8 Å². The van der Waals surface area contributed by atoms with E-state index in [1.165, 1.54) is 31.2 Å². The topological polar surface area (TPSA) is 15.3 Å². The van der Waals surface area contributed by atoms with E-state index in [1.807, 2.05) is 12.1 Å². The van der Waals surface area contributed by atoms with Crippen LogP contribution in [-0.2, 0) is 0 Å². The molecule has 0 spiro atoms. The van der Waals surface area contributed by atoms with Crippen LogP contribution >= 0.6 is 0 Å². The molecule has 0 aliphatic carbocycles. The zero-order valence-corrected chi connectivity index (χ0v) is 12.5. The van der Waals surface area contributed by atoms with Crippen molar-refractivity contribution in [3.05, 3.63) is 35.6 Å². The summed E-state index contributed by atoms with van der Waals surface area (Å²) >= 11 is 0. The largest absolute Gasteiger partial charge is 0.311 e. The monoisotopic (exact) mass is 276 g/mol. The SMILES string of the molecule is CCC(c1ccc(F)cc1)N(C)C1CC2CCC(C1)N2. The molecular weight excluding hydrogens is 251 g/mol. The Morgan fingerprint density at radius 2 is 1.80 bits per heavy atom. The molecule has 1 aromatic carbocycles. The predicted molar refractivity (Wildman–Crippen MR) is 80.2 cm³/mol. The van der Waals surface area contributed by atoms with Crippen LogP contribution in [0.25, 0.3) is 0 Å². The smallest absolute Gasteiger partial charge is 0.123 e. The maximum absolute atomic E-state index is 13.1. The Kier molecular flexibility index (Phi) is 4.08. The van der Waals surface area contributed by atoms with Gasteiger partial charge in [-0.2, -0.15) is 0 Å². The molecule has 3 atom stereocenters. The van der Waals surface area contributed by atoms with Gasteiger partial charge in [0.15, 0.2) is 0 Å². The molecule has 0 aromatic heterocycles. The van der Waals surface area contributed by atoms with Crippen LogP contribution in [0.5, 0.6) is 0 Å². The van der Waals surface area contributed by atoms with Crippen molar-refractivity contribution in [1.29, 1.82) is 0 Å². The van der Waals surface area contributed by atoms with E-state index in [0.29, 0.717) is 24.2 Å². The highest BCUT2D eigenvalue weighted by Gasteiger charge is 2.36. The van der Waals surface area contributed by atoms with Crippen LogP contribution in [-0.4, -0.2) is 30.1 Å². The third kappa shape index (κ3) is 2.75. The maximum atomic E-state index is 13.1. The number of piperidine rings is 1. The molecule has 2 heterocycles. The molecule has 3 heteroatoms. The molecule has 0 amide bonds. The van der Waals surface area contributed by atoms with Gasteiger partial charge in [0, 0.05) is 24.2 Å². The van der Waals surface area contributed by atoms with E-state index in [1.54, 1.807) is 12.1 Å². The minimum atomic E-state index is -0.147. The maximum Gasteiger partial charge on any atom is 0.123 e. The van der Waals surface area contributed by atoms with Gasteiger partial charge in [0.05, 0.1) is 0 Å². The molecule has 0 radical (unpaired) electrons. The molecule has 1 aromatic rings. The van der Waals surface area contributed by atoms with Crippen molar-refractivity contribution in [3.8, 4) is 0 Å². The quantitative estimate of drug-likeness (QED) is 0.905. The van der Waals surface area contributed by atoms with Crippen molar-refractivity contribution in [2.24, 2.45) is 0 Å². The number of fused-ring (bicyclic) bond motifs is 2. The van der Waals surface area contributed by atoms with Crippen LogP contribution in [0.2, 0.25) is 0 Å². The highest BCUT2D eigenvalue weighted by molar-refractivity contribution is 5.20. The van der Waals surface area contributed by atoms with Gasteiger partial charge in [-0.1, -0.05) is 19.1 Å². The van der Waals surface area contributed by atoms with Gasteiger partial charge in [-0.25, -0.2) is 4.39 Å². The first-order valence-corrected chi connectivity index (χ1v) is 7.90. The fraction of sp³-hybridized carbons (Fsp3) is 0.647. The molecule has 2 saturated heterocycles. The van der Waals surface area contributed by atoms with E-state index in [-0.39, 0.29) is 5.82 Å². The van der Waals surface area contributed by atoms with Crippen LogP contribution in [0.1, 0.15) is 50.6 Å². The van der Waals surface area contributed by atoms with E-state index in [2.05, 4.69) is 24.2 Å². The highest BCUT2D eigenvalue weighted by Crippen LogP contribution is 2.34. The number of halogens is 1. The number of nitrogens with one attached hydrogen (secondary N) is 1. The summed E-state index contributed by atoms with van der Waals surface area (Å²) < 4.78 is 13.1. The van der Waals surface area contributed by atoms with Crippen molar-refractivity contribution in [3.63, 3.8) is 0 Å². The molecule has 20 heavy (non-hydrogen) atoms. The van der Waals surface area contributed by atoms with Crippen LogP contribution in [0.3, 0.4) is 0 Å². The molecule has 2 bridgehead atoms. The Morgan fingerprint density at radius 1 is 1.20 bits per heavy atom. The zero-order valence-electron chi connectivity index (χ0n) is 12.5. The van der Waals surface area contributed by atoms with Crippen LogP contribution in [0.4, 0.5) is 4.39 Å². The minimum Gasteiger partial charge on any atom is -0.311 e. The molecule has 2 nitrogen and oxygen atoms in total. The highest BCUT2D eigenvalue weighted by atomic mass is 19.1. The van der Waals surface area contributed by atoms with Crippen molar-refractivity contribution in [2.75, 3.05) is 7.05 Å². The lowest BCUT2D eigenvalue weighted by atomic mass is 9.94. The second-order valence-corrected chi connectivity index (χ2v) is 6.40. The molecule has 0 saturated carbocycles. The third-order valence-electron chi connectivity index (χ3n) is 5.16. The van der Waals surface area contributed by atoms with Crippen molar-refractivity contribution in [2.45, 2.75) is 63.2 Å². The predicted octanol–water partition coefficient (Wildman–Crippen LogP) is 3.49. The summed E-state index contributed by atoms with van der Waals surface area (Å²) in [6, 6.07) is 9.53. The van der Waals surface area contributed by atoms with E-state index in [9.17, 15) is 4.39 Å². The van der Waals surface area contributed by atoms with Crippen LogP contribution in [0, 0.1) is 5.82 Å². The second kappa shape index (κ2) is 5.82. The molecular formula is C17H25FN2. The molecule has 1 N–H and O–H groups in total. The van der Waals surface area contributed by atoms with Gasteiger partial charge in [0.1, 0.15) is 5.82 Å². The summed E-state index contributed by atoms with van der Waals surface area (Å²) in [6.07, 6.45) is 6.25. The molecule has 110 valence electrons. The van der Waals surface area contributed by atoms with Crippen molar-refractivity contribution < 1.29 is 4.39 Å². The fourth-order valence-electron chi connectivity index (χ4n) is 4.06. The molecule has 3 unspecified atom stereocenters. The van der Waals surface area contributed by atoms with Crippen molar-refractivity contribution >= 4 is 0 Å². The molecule has 2 fully saturated rings. The molecule has 2 aliphatic heterocycles. The summed E-state index contributed by atoms with van der Waals surface area (Å²) in [7, 11) is 2.24. The summed E-state index contributed by atoms with van der Waals surface area (Å²) in [5, 5.41) is 3.70. The number of benzene rings is 1. The first-order chi connectivity index (χ1) is 9.67. The zero-order chi connectivity index (χ0) is 14.1. The minimum absolute atomic E-state index is 0.147. The van der Waals surface area contributed by atoms with E-state index < -0.39 is 0 Å². The number of hydrogen-bond donors (Lipinski definition) is 1. The van der Waals surface area contributed by atoms with Crippen LogP contribution in [0.15, 0.2) is 24.3 Å². The van der Waals surface area contributed by atoms with Gasteiger partial charge in [-0.15, -0.1) is 0 Å². The van der Waals surface area contributed by atoms with E-state index in [0.717, 1.165) is 6.42 Å². The van der Waals surface area contributed by atoms with E-state index >= 15 is 0 Å². The summed E-state index contributed by atoms with van der Waals surface area (Å²) in [6.45, 7) is 2.22. The van der Waals surface area contributed by atoms with Crippen molar-refractivity contribution in [1.82, 2.24) is 10.2 Å². The summed E-state index contributed by atoms with van der Waals surface area (Å²) in [5.74, 6) is -0.147. The van der Waals surface area contributed by atoms with Gasteiger partial charge in [-0.3, -0.25) is 4.90 Å². The standard InChI is InChI=1S/C17H25FN2/c1-3-17(12-4-6-13(18)7-5-12)20(2)16-10-14-8-9-15(11-16)19-14/h4-7,14-17,19H,3,8-11H2,1-2H3. The van der Waals surface area contributed by atoms with Crippen LogP contribution < -0.4 is 5.32 Å². The first-order valence-electron chi connectivity index (χ1n) is 7.90. The number of nitrogens with zero attached hydrogens (tertiary/aromatic N) is 1. The third-order valence-corrected chi connectivity index (χ3v) is 5.16. The summed E-state index contributed by atoms with van der Waals surface area (Å²) in [5.41, 5.74) is 1.24. The Hall–Kier alpha value is -0.930. The Labute approximate surface area is 121 Å². The lowest BCUT2D eigenvalue weighted by Gasteiger charge is -2.40. The van der Waals surface area contributed by atoms with Gasteiger partial charge in [0.25, 0.3) is 0 Å². The lowest BCUT2D eigenvalue weighted by Crippen LogP contribution is -2.47. The normalized spacial score (nSPS) is 30.7. The molecule has 3 rings (SSSR count). The summed E-state index contributed by atoms with van der Waals surface area (Å²) in [4.78, 5) is 2.53. The lowest BCUT2D eigenvalue weighted by molar-refractivity contribution is 0.121. The Morgan fingerprint density at radius 3 is 2.35 bits per heavy atom. The Balaban J connectivity index is 1.73. The Bertz CT molecular complexity index is 433. The number of hydrogen-bond acceptors (Lipinski definition) is 2.